The minimum atomic E-state index is 0.422. The summed E-state index contributed by atoms with van der Waals surface area (Å²) < 4.78 is 2.50. The first-order chi connectivity index (χ1) is 18.7. The molecule has 0 bridgehead atoms. The minimum absolute atomic E-state index is 0.422. The van der Waals surface area contributed by atoms with E-state index >= 15 is 0 Å². The average molecular weight is 516 g/mol. The van der Waals surface area contributed by atoms with Gasteiger partial charge >= 0.3 is 0 Å². The van der Waals surface area contributed by atoms with Crippen molar-refractivity contribution in [3.05, 3.63) is 59.2 Å². The third-order valence-electron chi connectivity index (χ3n) is 9.39. The lowest BCUT2D eigenvalue weighted by Gasteiger charge is -2.44. The molecule has 0 radical (unpaired) electrons. The fraction of sp³-hybridized carbons (Fsp3) is 0.613. The predicted octanol–water partition coefficient (Wildman–Crippen LogP) is 4.26. The summed E-state index contributed by atoms with van der Waals surface area (Å²) >= 11 is 0. The first kappa shape index (κ1) is 25.8. The number of likely N-dealkylation sites (tertiary alicyclic amines) is 1. The van der Waals surface area contributed by atoms with E-state index in [1.165, 1.54) is 54.1 Å². The van der Waals surface area contributed by atoms with Crippen LogP contribution in [0.5, 0.6) is 0 Å². The predicted molar refractivity (Wildman–Crippen MR) is 155 cm³/mol. The highest BCUT2D eigenvalue weighted by Crippen LogP contribution is 2.43. The van der Waals surface area contributed by atoms with Crippen molar-refractivity contribution in [2.45, 2.75) is 58.5 Å². The molecule has 5 heterocycles. The maximum Gasteiger partial charge on any atom is 0.138 e. The molecule has 2 aliphatic heterocycles. The number of fused-ring (bicyclic) bond motifs is 4. The average Bonchev–Trinajstić information content (AvgIpc) is 3.31. The Morgan fingerprint density at radius 1 is 0.974 bits per heavy atom. The summed E-state index contributed by atoms with van der Waals surface area (Å²) in [5.41, 5.74) is 6.55. The van der Waals surface area contributed by atoms with Gasteiger partial charge in [-0.1, -0.05) is 26.0 Å². The minimum Gasteiger partial charge on any atom is -0.355 e. The molecule has 1 aliphatic carbocycles. The van der Waals surface area contributed by atoms with Crippen molar-refractivity contribution in [1.29, 1.82) is 0 Å². The molecule has 0 aromatic carbocycles. The molecule has 7 heteroatoms. The van der Waals surface area contributed by atoms with Crippen LogP contribution in [0.2, 0.25) is 0 Å². The van der Waals surface area contributed by atoms with E-state index in [9.17, 15) is 0 Å². The second kappa shape index (κ2) is 11.3. The van der Waals surface area contributed by atoms with E-state index in [1.807, 2.05) is 6.20 Å². The van der Waals surface area contributed by atoms with Crippen LogP contribution < -0.4 is 4.90 Å². The van der Waals surface area contributed by atoms with Gasteiger partial charge in [0.15, 0.2) is 0 Å². The smallest absolute Gasteiger partial charge is 0.138 e. The summed E-state index contributed by atoms with van der Waals surface area (Å²) in [5, 5.41) is 0. The van der Waals surface area contributed by atoms with Crippen molar-refractivity contribution in [1.82, 2.24) is 29.1 Å². The zero-order valence-corrected chi connectivity index (χ0v) is 23.6. The van der Waals surface area contributed by atoms with Crippen molar-refractivity contribution in [2.75, 3.05) is 64.3 Å². The van der Waals surface area contributed by atoms with Gasteiger partial charge in [-0.2, -0.15) is 0 Å². The number of anilines is 1. The number of piperazine rings is 1. The van der Waals surface area contributed by atoms with E-state index in [4.69, 9.17) is 9.97 Å². The number of likely N-dealkylation sites (N-methyl/N-ethyl adjacent to an activating group) is 2. The maximum atomic E-state index is 5.35. The molecule has 0 amide bonds. The highest BCUT2D eigenvalue weighted by Gasteiger charge is 2.38. The second-order valence-corrected chi connectivity index (χ2v) is 11.6. The van der Waals surface area contributed by atoms with Crippen molar-refractivity contribution >= 4 is 11.5 Å². The van der Waals surface area contributed by atoms with E-state index in [-0.39, 0.29) is 0 Å². The number of aromatic nitrogens is 3. The lowest BCUT2D eigenvalue weighted by molar-refractivity contribution is 0.0684. The summed E-state index contributed by atoms with van der Waals surface area (Å²) in [6.07, 6.45) is 8.09. The van der Waals surface area contributed by atoms with E-state index in [1.54, 1.807) is 0 Å². The van der Waals surface area contributed by atoms with Gasteiger partial charge in [0, 0.05) is 51.9 Å². The SMILES string of the molecule is CCN(CC)CCc1c(CN2CCC[C@H]3CCc4cccnc4[C@H]32)nc2cccc(N3CCN(C)CC3)n12. The molecule has 2 atom stereocenters. The van der Waals surface area contributed by atoms with Gasteiger partial charge in [-0.3, -0.25) is 14.3 Å². The Labute approximate surface area is 228 Å². The van der Waals surface area contributed by atoms with Gasteiger partial charge in [-0.15, -0.1) is 0 Å². The Kier molecular flexibility index (Phi) is 7.68. The number of pyridine rings is 2. The van der Waals surface area contributed by atoms with Gasteiger partial charge in [0.05, 0.1) is 23.1 Å². The maximum absolute atomic E-state index is 5.35. The fourth-order valence-corrected chi connectivity index (χ4v) is 7.14. The molecule has 0 N–H and O–H groups in total. The van der Waals surface area contributed by atoms with Crippen LogP contribution in [-0.4, -0.2) is 88.5 Å². The molecule has 3 aromatic rings. The van der Waals surface area contributed by atoms with Gasteiger partial charge in [0.2, 0.25) is 0 Å². The van der Waals surface area contributed by atoms with Crippen molar-refractivity contribution in [3.63, 3.8) is 0 Å². The Hall–Kier alpha value is -2.48. The molecule has 0 saturated carbocycles. The molecule has 2 saturated heterocycles. The van der Waals surface area contributed by atoms with Gasteiger partial charge < -0.3 is 14.7 Å². The van der Waals surface area contributed by atoms with Crippen LogP contribution >= 0.6 is 0 Å². The van der Waals surface area contributed by atoms with E-state index in [0.29, 0.717) is 12.0 Å². The largest absolute Gasteiger partial charge is 0.355 e. The molecule has 7 nitrogen and oxygen atoms in total. The normalized spacial score (nSPS) is 22.7. The van der Waals surface area contributed by atoms with Gasteiger partial charge in [-0.25, -0.2) is 4.98 Å². The third-order valence-corrected chi connectivity index (χ3v) is 9.39. The lowest BCUT2D eigenvalue weighted by atomic mass is 9.77. The monoisotopic (exact) mass is 515 g/mol. The molecule has 204 valence electrons. The van der Waals surface area contributed by atoms with Crippen molar-refractivity contribution in [3.8, 4) is 0 Å². The highest BCUT2D eigenvalue weighted by atomic mass is 15.3. The number of rotatable bonds is 8. The standard InChI is InChI=1S/C31H45N7/c1-4-35(5-2)18-15-27-26(33-28-11-6-12-29(38(27)28)36-21-19-34(3)20-22-36)23-37-17-8-10-25-14-13-24-9-7-16-32-30(24)31(25)37/h6-7,9,11-12,16,25,31H,4-5,8,10,13-15,17-23H2,1-3H3/t25-,31-/m0/s1. The molecular weight excluding hydrogens is 470 g/mol. The highest BCUT2D eigenvalue weighted by molar-refractivity contribution is 5.55. The van der Waals surface area contributed by atoms with Crippen LogP contribution in [-0.2, 0) is 19.4 Å². The van der Waals surface area contributed by atoms with Crippen molar-refractivity contribution in [2.24, 2.45) is 5.92 Å². The molecule has 3 aromatic heterocycles. The zero-order valence-electron chi connectivity index (χ0n) is 23.6. The number of nitrogens with zero attached hydrogens (tertiary/aromatic N) is 7. The second-order valence-electron chi connectivity index (χ2n) is 11.6. The lowest BCUT2D eigenvalue weighted by Crippen LogP contribution is -2.45. The van der Waals surface area contributed by atoms with Gasteiger partial charge in [-0.05, 0) is 82.0 Å². The van der Waals surface area contributed by atoms with Gasteiger partial charge in [0.1, 0.15) is 11.5 Å². The topological polar surface area (TPSA) is 43.2 Å². The van der Waals surface area contributed by atoms with E-state index in [0.717, 1.165) is 71.0 Å². The first-order valence-electron chi connectivity index (χ1n) is 15.0. The summed E-state index contributed by atoms with van der Waals surface area (Å²) in [7, 11) is 2.23. The number of hydrogen-bond acceptors (Lipinski definition) is 6. The Morgan fingerprint density at radius 2 is 1.82 bits per heavy atom. The van der Waals surface area contributed by atoms with Crippen LogP contribution in [0.15, 0.2) is 36.5 Å². The Bertz CT molecular complexity index is 1220. The van der Waals surface area contributed by atoms with Gasteiger partial charge in [0.25, 0.3) is 0 Å². The number of hydrogen-bond donors (Lipinski definition) is 0. The van der Waals surface area contributed by atoms with Crippen LogP contribution in [0.4, 0.5) is 5.82 Å². The molecule has 38 heavy (non-hydrogen) atoms. The Balaban J connectivity index is 1.38. The van der Waals surface area contributed by atoms with Crippen LogP contribution in [0.1, 0.15) is 61.8 Å². The molecule has 3 aliphatic rings. The summed E-state index contributed by atoms with van der Waals surface area (Å²) in [5.74, 6) is 2.02. The van der Waals surface area contributed by atoms with Crippen LogP contribution in [0.25, 0.3) is 5.65 Å². The number of piperidine rings is 1. The van der Waals surface area contributed by atoms with E-state index < -0.39 is 0 Å². The molecule has 2 fully saturated rings. The first-order valence-corrected chi connectivity index (χ1v) is 15.0. The number of imidazole rings is 1. The molecule has 0 spiro atoms. The third kappa shape index (κ3) is 4.96. The van der Waals surface area contributed by atoms with Crippen LogP contribution in [0, 0.1) is 5.92 Å². The fourth-order valence-electron chi connectivity index (χ4n) is 7.14. The zero-order chi connectivity index (χ0) is 26.1. The summed E-state index contributed by atoms with van der Waals surface area (Å²) in [6, 6.07) is 11.6. The molecular formula is C31H45N7. The Morgan fingerprint density at radius 3 is 2.63 bits per heavy atom. The molecule has 6 rings (SSSR count). The van der Waals surface area contributed by atoms with Crippen molar-refractivity contribution < 1.29 is 0 Å². The quantitative estimate of drug-likeness (QED) is 0.447. The van der Waals surface area contributed by atoms with Crippen LogP contribution in [0.3, 0.4) is 0 Å². The van der Waals surface area contributed by atoms with E-state index in [2.05, 4.69) is 75.2 Å². The molecule has 0 unspecified atom stereocenters. The number of aryl methyl sites for hydroxylation is 1. The summed E-state index contributed by atoms with van der Waals surface area (Å²) in [4.78, 5) is 20.5. The summed E-state index contributed by atoms with van der Waals surface area (Å²) in [6.45, 7) is 14.2.